The van der Waals surface area contributed by atoms with Gasteiger partial charge in [0.25, 0.3) is 11.5 Å². The van der Waals surface area contributed by atoms with Crippen LogP contribution in [-0.2, 0) is 4.79 Å². The first kappa shape index (κ1) is 23.6. The van der Waals surface area contributed by atoms with E-state index in [1.54, 1.807) is 21.6 Å². The number of nitrogens with zero attached hydrogens (tertiary/aromatic N) is 5. The number of pyridine rings is 1. The Kier molecular flexibility index (Phi) is 6.37. The molecule has 180 valence electrons. The number of aryl methyl sites for hydroxylation is 1. The smallest absolute Gasteiger partial charge is 0.267 e. The lowest BCUT2D eigenvalue weighted by Crippen LogP contribution is -2.47. The first-order valence-electron chi connectivity index (χ1n) is 11.7. The topological polar surface area (TPSA) is 61.2 Å². The van der Waals surface area contributed by atoms with E-state index in [1.807, 2.05) is 51.1 Å². The molecule has 7 nitrogen and oxygen atoms in total. The fourth-order valence-corrected chi connectivity index (χ4v) is 5.99. The van der Waals surface area contributed by atoms with Crippen LogP contribution in [0.1, 0.15) is 25.0 Å². The number of benzene rings is 1. The Bertz CT molecular complexity index is 1390. The van der Waals surface area contributed by atoms with Gasteiger partial charge in [0, 0.05) is 44.1 Å². The summed E-state index contributed by atoms with van der Waals surface area (Å²) in [6, 6.07) is 14.1. The molecule has 0 unspecified atom stereocenters. The molecule has 5 rings (SSSR count). The molecule has 9 heteroatoms. The van der Waals surface area contributed by atoms with Crippen LogP contribution in [0.4, 0.5) is 11.5 Å². The van der Waals surface area contributed by atoms with E-state index < -0.39 is 0 Å². The Morgan fingerprint density at radius 2 is 1.69 bits per heavy atom. The molecule has 2 saturated heterocycles. The van der Waals surface area contributed by atoms with Crippen LogP contribution in [0.2, 0.25) is 0 Å². The zero-order valence-electron chi connectivity index (χ0n) is 20.0. The third-order valence-corrected chi connectivity index (χ3v) is 7.63. The van der Waals surface area contributed by atoms with Crippen LogP contribution < -0.4 is 15.4 Å². The molecule has 2 fully saturated rings. The van der Waals surface area contributed by atoms with Crippen LogP contribution in [0.5, 0.6) is 0 Å². The van der Waals surface area contributed by atoms with Gasteiger partial charge < -0.3 is 9.80 Å². The fraction of sp³-hybridized carbons (Fsp3) is 0.308. The van der Waals surface area contributed by atoms with Crippen molar-refractivity contribution in [1.82, 2.24) is 14.3 Å². The maximum absolute atomic E-state index is 13.7. The Labute approximate surface area is 214 Å². The number of fused-ring (bicyclic) bond motifs is 1. The van der Waals surface area contributed by atoms with Gasteiger partial charge in [0.1, 0.15) is 15.8 Å². The molecule has 0 spiro atoms. The first-order chi connectivity index (χ1) is 16.8. The number of thioether (sulfide) groups is 1. The molecule has 35 heavy (non-hydrogen) atoms. The maximum Gasteiger partial charge on any atom is 0.267 e. The number of hydrogen-bond acceptors (Lipinski definition) is 7. The Morgan fingerprint density at radius 3 is 2.34 bits per heavy atom. The van der Waals surface area contributed by atoms with Crippen molar-refractivity contribution in [3.8, 4) is 0 Å². The summed E-state index contributed by atoms with van der Waals surface area (Å²) >= 11 is 6.69. The minimum atomic E-state index is -0.186. The SMILES string of the molecule is Cc1ccc2nc(N3CCN(c4ccccc4)CC3)c(C=C3SC(=S)N(C(C)C)C3=O)c(=O)n2c1. The number of carbonyl (C=O) groups excluding carboxylic acids is 1. The molecule has 0 aliphatic carbocycles. The number of para-hydroxylation sites is 1. The lowest BCUT2D eigenvalue weighted by atomic mass is 10.2. The van der Waals surface area contributed by atoms with Gasteiger partial charge in [-0.3, -0.25) is 18.9 Å². The van der Waals surface area contributed by atoms with Crippen molar-refractivity contribution in [2.45, 2.75) is 26.8 Å². The lowest BCUT2D eigenvalue weighted by Gasteiger charge is -2.37. The summed E-state index contributed by atoms with van der Waals surface area (Å²) in [7, 11) is 0. The van der Waals surface area contributed by atoms with Crippen LogP contribution in [0.3, 0.4) is 0 Å². The summed E-state index contributed by atoms with van der Waals surface area (Å²) in [5.74, 6) is 0.449. The minimum Gasteiger partial charge on any atom is -0.368 e. The zero-order valence-corrected chi connectivity index (χ0v) is 21.6. The Balaban J connectivity index is 1.56. The van der Waals surface area contributed by atoms with E-state index >= 15 is 0 Å². The lowest BCUT2D eigenvalue weighted by molar-refractivity contribution is -0.123. The average Bonchev–Trinajstić information content (AvgIpc) is 3.14. The van der Waals surface area contributed by atoms with Gasteiger partial charge in [0.15, 0.2) is 0 Å². The normalized spacial score (nSPS) is 17.9. The number of aromatic nitrogens is 2. The van der Waals surface area contributed by atoms with E-state index in [2.05, 4.69) is 21.9 Å². The monoisotopic (exact) mass is 505 g/mol. The fourth-order valence-electron chi connectivity index (χ4n) is 4.49. The van der Waals surface area contributed by atoms with Crippen LogP contribution >= 0.6 is 24.0 Å². The molecule has 0 radical (unpaired) electrons. The van der Waals surface area contributed by atoms with E-state index in [4.69, 9.17) is 17.2 Å². The second kappa shape index (κ2) is 9.47. The second-order valence-corrected chi connectivity index (χ2v) is 10.7. The quantitative estimate of drug-likeness (QED) is 0.393. The van der Waals surface area contributed by atoms with Crippen LogP contribution in [0.15, 0.2) is 58.4 Å². The van der Waals surface area contributed by atoms with Gasteiger partial charge in [-0.05, 0) is 50.6 Å². The van der Waals surface area contributed by atoms with Crippen molar-refractivity contribution in [2.24, 2.45) is 0 Å². The molecule has 0 bridgehead atoms. The summed E-state index contributed by atoms with van der Waals surface area (Å²) in [6.45, 7) is 8.87. The molecule has 2 aliphatic rings. The minimum absolute atomic E-state index is 0.0441. The van der Waals surface area contributed by atoms with Gasteiger partial charge in [0.2, 0.25) is 0 Å². The molecule has 2 aromatic heterocycles. The van der Waals surface area contributed by atoms with Crippen molar-refractivity contribution >= 4 is 57.4 Å². The highest BCUT2D eigenvalue weighted by Gasteiger charge is 2.34. The molecule has 0 saturated carbocycles. The molecule has 0 atom stereocenters. The number of amides is 1. The number of rotatable bonds is 4. The molecular formula is C26H27N5O2S2. The highest BCUT2D eigenvalue weighted by atomic mass is 32.2. The van der Waals surface area contributed by atoms with E-state index in [0.29, 0.717) is 26.3 Å². The van der Waals surface area contributed by atoms with E-state index in [-0.39, 0.29) is 17.5 Å². The number of carbonyl (C=O) groups is 1. The Morgan fingerprint density at radius 1 is 1.00 bits per heavy atom. The highest BCUT2D eigenvalue weighted by molar-refractivity contribution is 8.26. The molecule has 2 aliphatic heterocycles. The third-order valence-electron chi connectivity index (χ3n) is 6.30. The highest BCUT2D eigenvalue weighted by Crippen LogP contribution is 2.35. The van der Waals surface area contributed by atoms with Crippen molar-refractivity contribution in [2.75, 3.05) is 36.0 Å². The van der Waals surface area contributed by atoms with Crippen LogP contribution in [0.25, 0.3) is 11.7 Å². The first-order valence-corrected chi connectivity index (χ1v) is 12.9. The van der Waals surface area contributed by atoms with Crippen LogP contribution in [-0.4, -0.2) is 56.7 Å². The zero-order chi connectivity index (χ0) is 24.7. The number of hydrogen-bond donors (Lipinski definition) is 0. The van der Waals surface area contributed by atoms with E-state index in [9.17, 15) is 9.59 Å². The molecule has 3 aromatic rings. The number of piperazine rings is 1. The number of anilines is 2. The van der Waals surface area contributed by atoms with Gasteiger partial charge in [-0.1, -0.05) is 48.2 Å². The molecule has 1 aromatic carbocycles. The van der Waals surface area contributed by atoms with Crippen molar-refractivity contribution in [3.05, 3.63) is 75.0 Å². The summed E-state index contributed by atoms with van der Waals surface area (Å²) in [6.07, 6.45) is 3.48. The summed E-state index contributed by atoms with van der Waals surface area (Å²) in [5, 5.41) is 0. The van der Waals surface area contributed by atoms with Crippen molar-refractivity contribution in [1.29, 1.82) is 0 Å². The van der Waals surface area contributed by atoms with Gasteiger partial charge in [0.05, 0.1) is 10.5 Å². The Hall–Kier alpha value is -3.17. The van der Waals surface area contributed by atoms with Gasteiger partial charge in [-0.15, -0.1) is 0 Å². The predicted octanol–water partition coefficient (Wildman–Crippen LogP) is 3.94. The summed E-state index contributed by atoms with van der Waals surface area (Å²) in [4.78, 5) is 38.2. The average molecular weight is 506 g/mol. The van der Waals surface area contributed by atoms with Gasteiger partial charge in [-0.2, -0.15) is 0 Å². The van der Waals surface area contributed by atoms with E-state index in [1.165, 1.54) is 17.4 Å². The maximum atomic E-state index is 13.7. The summed E-state index contributed by atoms with van der Waals surface area (Å²) < 4.78 is 2.08. The van der Waals surface area contributed by atoms with Crippen molar-refractivity contribution < 1.29 is 4.79 Å². The predicted molar refractivity (Wildman–Crippen MR) is 147 cm³/mol. The largest absolute Gasteiger partial charge is 0.368 e. The van der Waals surface area contributed by atoms with Gasteiger partial charge in [-0.25, -0.2) is 4.98 Å². The second-order valence-electron chi connectivity index (χ2n) is 9.04. The third kappa shape index (κ3) is 4.46. The summed E-state index contributed by atoms with van der Waals surface area (Å²) in [5.41, 5.74) is 2.97. The standard InChI is InChI=1S/C26H27N5O2S2/c1-17(2)31-25(33)21(35-26(31)34)15-20-23(27-22-10-9-18(3)16-30(22)24(20)32)29-13-11-28(12-14-29)19-7-5-4-6-8-19/h4-10,15-17H,11-14H2,1-3H3. The van der Waals surface area contributed by atoms with Crippen LogP contribution in [0, 0.1) is 6.92 Å². The van der Waals surface area contributed by atoms with Crippen molar-refractivity contribution in [3.63, 3.8) is 0 Å². The molecular weight excluding hydrogens is 478 g/mol. The molecule has 1 amide bonds. The van der Waals surface area contributed by atoms with E-state index in [0.717, 1.165) is 31.7 Å². The molecule has 0 N–H and O–H groups in total. The molecule has 4 heterocycles. The number of thiocarbonyl (C=S) groups is 1. The van der Waals surface area contributed by atoms with Gasteiger partial charge >= 0.3 is 0 Å².